The molecule has 1 aliphatic carbocycles. The highest BCUT2D eigenvalue weighted by Crippen LogP contribution is 2.25. The van der Waals surface area contributed by atoms with Crippen LogP contribution in [0.3, 0.4) is 0 Å². The van der Waals surface area contributed by atoms with Crippen LogP contribution in [-0.2, 0) is 14.8 Å². The number of hydrogen-bond donors (Lipinski definition) is 1. The monoisotopic (exact) mass is 398 g/mol. The Kier molecular flexibility index (Phi) is 7.49. The largest absolute Gasteiger partial charge is 0.497 e. The molecule has 0 radical (unpaired) electrons. The van der Waals surface area contributed by atoms with Crippen molar-refractivity contribution in [3.8, 4) is 5.75 Å². The fourth-order valence-electron chi connectivity index (χ4n) is 3.53. The second kappa shape index (κ2) is 9.41. The number of hydrogen-bond acceptors (Lipinski definition) is 5. The molecule has 1 N–H and O–H groups in total. The van der Waals surface area contributed by atoms with E-state index in [2.05, 4.69) is 0 Å². The topological polar surface area (TPSA) is 87.2 Å². The van der Waals surface area contributed by atoms with Gasteiger partial charge in [-0.3, -0.25) is 9.10 Å². The molecule has 2 atom stereocenters. The van der Waals surface area contributed by atoms with Crippen molar-refractivity contribution in [1.29, 1.82) is 0 Å². The standard InChI is InChI=1S/C19H30N2O5S/c1-20(17-10-4-5-11-18(17)22)19(23)12-7-13-21(27(3,24)25)15-8-6-9-16(14-15)26-2/h6,8-9,14,17-18,22H,4-5,7,10-13H2,1-3H3/t17-,18-/m1/s1. The van der Waals surface area contributed by atoms with Crippen molar-refractivity contribution in [2.45, 2.75) is 50.7 Å². The van der Waals surface area contributed by atoms with Crippen molar-refractivity contribution in [2.24, 2.45) is 0 Å². The van der Waals surface area contributed by atoms with Gasteiger partial charge in [-0.15, -0.1) is 0 Å². The Morgan fingerprint density at radius 3 is 2.63 bits per heavy atom. The first-order valence-corrected chi connectivity index (χ1v) is 11.1. The third-order valence-electron chi connectivity index (χ3n) is 5.08. The van der Waals surface area contributed by atoms with E-state index in [0.29, 0.717) is 17.9 Å². The lowest BCUT2D eigenvalue weighted by Gasteiger charge is -2.35. The number of likely N-dealkylation sites (N-methyl/N-ethyl adjacent to an activating group) is 1. The number of benzene rings is 1. The molecule has 0 spiro atoms. The SMILES string of the molecule is COc1cccc(N(CCCC(=O)N(C)[C@@H]2CCCC[C@H]2O)S(C)(=O)=O)c1. The molecule has 1 aliphatic rings. The van der Waals surface area contributed by atoms with Crippen LogP contribution >= 0.6 is 0 Å². The lowest BCUT2D eigenvalue weighted by atomic mass is 9.91. The van der Waals surface area contributed by atoms with Gasteiger partial charge >= 0.3 is 0 Å². The highest BCUT2D eigenvalue weighted by atomic mass is 32.2. The van der Waals surface area contributed by atoms with Crippen molar-refractivity contribution >= 4 is 21.6 Å². The molecule has 152 valence electrons. The fraction of sp³-hybridized carbons (Fsp3) is 0.632. The summed E-state index contributed by atoms with van der Waals surface area (Å²) in [6.07, 6.45) is 4.84. The van der Waals surface area contributed by atoms with Gasteiger partial charge < -0.3 is 14.7 Å². The van der Waals surface area contributed by atoms with E-state index in [9.17, 15) is 18.3 Å². The van der Waals surface area contributed by atoms with Gasteiger partial charge in [0.25, 0.3) is 0 Å². The van der Waals surface area contributed by atoms with Crippen LogP contribution in [0.15, 0.2) is 24.3 Å². The first kappa shape index (κ1) is 21.5. The maximum absolute atomic E-state index is 12.5. The van der Waals surface area contributed by atoms with Crippen molar-refractivity contribution in [1.82, 2.24) is 4.90 Å². The van der Waals surface area contributed by atoms with Crippen LogP contribution in [0.25, 0.3) is 0 Å². The quantitative estimate of drug-likeness (QED) is 0.724. The molecule has 1 saturated carbocycles. The Morgan fingerprint density at radius 1 is 1.30 bits per heavy atom. The molecule has 7 nitrogen and oxygen atoms in total. The molecule has 0 bridgehead atoms. The molecular formula is C19H30N2O5S. The molecule has 0 heterocycles. The first-order valence-electron chi connectivity index (χ1n) is 9.29. The van der Waals surface area contributed by atoms with E-state index >= 15 is 0 Å². The van der Waals surface area contributed by atoms with E-state index < -0.39 is 16.1 Å². The van der Waals surface area contributed by atoms with E-state index in [0.717, 1.165) is 31.9 Å². The number of carbonyl (C=O) groups is 1. The summed E-state index contributed by atoms with van der Waals surface area (Å²) in [6.45, 7) is 0.207. The van der Waals surface area contributed by atoms with Gasteiger partial charge in [0.15, 0.2) is 0 Å². The zero-order chi connectivity index (χ0) is 20.0. The van der Waals surface area contributed by atoms with E-state index in [1.165, 1.54) is 11.4 Å². The van der Waals surface area contributed by atoms with Crippen LogP contribution in [0, 0.1) is 0 Å². The van der Waals surface area contributed by atoms with Gasteiger partial charge in [0, 0.05) is 26.1 Å². The normalized spacial score (nSPS) is 20.1. The Hall–Kier alpha value is -1.80. The molecule has 0 unspecified atom stereocenters. The van der Waals surface area contributed by atoms with Crippen LogP contribution in [-0.4, -0.2) is 63.4 Å². The molecule has 1 aromatic rings. The predicted octanol–water partition coefficient (Wildman–Crippen LogP) is 2.00. The van der Waals surface area contributed by atoms with Crippen LogP contribution < -0.4 is 9.04 Å². The third-order valence-corrected chi connectivity index (χ3v) is 6.27. The molecule has 1 amide bonds. The number of anilines is 1. The van der Waals surface area contributed by atoms with Gasteiger partial charge in [-0.1, -0.05) is 18.9 Å². The van der Waals surface area contributed by atoms with E-state index in [1.54, 1.807) is 36.2 Å². The third kappa shape index (κ3) is 5.84. The van der Waals surface area contributed by atoms with Gasteiger partial charge in [0.1, 0.15) is 5.75 Å². The van der Waals surface area contributed by atoms with Crippen LogP contribution in [0.1, 0.15) is 38.5 Å². The minimum atomic E-state index is -3.48. The van der Waals surface area contributed by atoms with Crippen LogP contribution in [0.5, 0.6) is 5.75 Å². The zero-order valence-electron chi connectivity index (χ0n) is 16.3. The molecule has 0 aromatic heterocycles. The molecule has 8 heteroatoms. The van der Waals surface area contributed by atoms with E-state index in [1.807, 2.05) is 0 Å². The summed E-state index contributed by atoms with van der Waals surface area (Å²) in [6, 6.07) is 6.70. The van der Waals surface area contributed by atoms with Gasteiger partial charge in [0.2, 0.25) is 15.9 Å². The summed E-state index contributed by atoms with van der Waals surface area (Å²) in [5, 5.41) is 10.1. The number of sulfonamides is 1. The van der Waals surface area contributed by atoms with Gasteiger partial charge in [-0.2, -0.15) is 0 Å². The second-order valence-corrected chi connectivity index (χ2v) is 8.97. The average molecular weight is 399 g/mol. The predicted molar refractivity (Wildman–Crippen MR) is 105 cm³/mol. The molecule has 1 aromatic carbocycles. The van der Waals surface area contributed by atoms with Gasteiger partial charge in [-0.05, 0) is 31.4 Å². The van der Waals surface area contributed by atoms with Gasteiger partial charge in [0.05, 0.1) is 31.2 Å². The summed E-state index contributed by atoms with van der Waals surface area (Å²) in [7, 11) is -0.231. The van der Waals surface area contributed by atoms with E-state index in [4.69, 9.17) is 4.74 Å². The molecule has 1 fully saturated rings. The number of carbonyl (C=O) groups excluding carboxylic acids is 1. The van der Waals surface area contributed by atoms with Crippen LogP contribution in [0.2, 0.25) is 0 Å². The minimum absolute atomic E-state index is 0.0694. The molecule has 2 rings (SSSR count). The highest BCUT2D eigenvalue weighted by Gasteiger charge is 2.29. The summed E-state index contributed by atoms with van der Waals surface area (Å²) in [4.78, 5) is 14.1. The fourth-order valence-corrected chi connectivity index (χ4v) is 4.49. The summed E-state index contributed by atoms with van der Waals surface area (Å²) >= 11 is 0. The van der Waals surface area contributed by atoms with Crippen molar-refractivity contribution in [2.75, 3.05) is 31.3 Å². The number of aliphatic hydroxyl groups excluding tert-OH is 1. The van der Waals surface area contributed by atoms with Crippen LogP contribution in [0.4, 0.5) is 5.69 Å². The van der Waals surface area contributed by atoms with E-state index in [-0.39, 0.29) is 24.9 Å². The smallest absolute Gasteiger partial charge is 0.232 e. The lowest BCUT2D eigenvalue weighted by Crippen LogP contribution is -2.46. The second-order valence-electron chi connectivity index (χ2n) is 7.06. The Morgan fingerprint density at radius 2 is 2.00 bits per heavy atom. The van der Waals surface area contributed by atoms with Crippen molar-refractivity contribution in [3.63, 3.8) is 0 Å². The van der Waals surface area contributed by atoms with Crippen molar-refractivity contribution in [3.05, 3.63) is 24.3 Å². The Labute approximate surface area is 162 Å². The lowest BCUT2D eigenvalue weighted by molar-refractivity contribution is -0.135. The minimum Gasteiger partial charge on any atom is -0.497 e. The number of aliphatic hydroxyl groups is 1. The maximum atomic E-state index is 12.5. The number of amides is 1. The number of methoxy groups -OCH3 is 1. The summed E-state index contributed by atoms with van der Waals surface area (Å²) in [5.74, 6) is 0.503. The first-order chi connectivity index (χ1) is 12.7. The summed E-state index contributed by atoms with van der Waals surface area (Å²) in [5.41, 5.74) is 0.514. The van der Waals surface area contributed by atoms with Crippen molar-refractivity contribution < 1.29 is 23.1 Å². The highest BCUT2D eigenvalue weighted by molar-refractivity contribution is 7.92. The maximum Gasteiger partial charge on any atom is 0.232 e. The summed E-state index contributed by atoms with van der Waals surface area (Å²) < 4.78 is 30.8. The molecule has 0 saturated heterocycles. The molecule has 0 aliphatic heterocycles. The van der Waals surface area contributed by atoms with Gasteiger partial charge in [-0.25, -0.2) is 8.42 Å². The zero-order valence-corrected chi connectivity index (χ0v) is 17.1. The number of ether oxygens (including phenoxy) is 1. The average Bonchev–Trinajstić information content (AvgIpc) is 2.64. The molecular weight excluding hydrogens is 368 g/mol. The number of rotatable bonds is 8. The Balaban J connectivity index is 1.98. The number of nitrogens with zero attached hydrogens (tertiary/aromatic N) is 2. The molecule has 27 heavy (non-hydrogen) atoms. The Bertz CT molecular complexity index is 737.